The van der Waals surface area contributed by atoms with Crippen LogP contribution in [0.2, 0.25) is 0 Å². The van der Waals surface area contributed by atoms with Gasteiger partial charge in [0.2, 0.25) is 5.91 Å². The number of aryl methyl sites for hydroxylation is 1. The Balaban J connectivity index is 1.85. The molecule has 1 fully saturated rings. The van der Waals surface area contributed by atoms with Crippen LogP contribution in [0.25, 0.3) is 0 Å². The fourth-order valence-electron chi connectivity index (χ4n) is 3.05. The first kappa shape index (κ1) is 16.0. The van der Waals surface area contributed by atoms with Crippen LogP contribution in [0.4, 0.5) is 0 Å². The molecule has 0 saturated heterocycles. The SMILES string of the molecule is CNC(=O)C(CC(C)C)NC1CC(c2ccc(C)cc2)C1. The van der Waals surface area contributed by atoms with Crippen LogP contribution in [0, 0.1) is 12.8 Å². The van der Waals surface area contributed by atoms with Crippen molar-refractivity contribution >= 4 is 5.91 Å². The van der Waals surface area contributed by atoms with Gasteiger partial charge in [0.15, 0.2) is 0 Å². The van der Waals surface area contributed by atoms with Crippen LogP contribution in [0.5, 0.6) is 0 Å². The lowest BCUT2D eigenvalue weighted by molar-refractivity contribution is -0.123. The number of likely N-dealkylation sites (N-methyl/N-ethyl adjacent to an activating group) is 1. The van der Waals surface area contributed by atoms with Crippen LogP contribution in [-0.2, 0) is 4.79 Å². The highest BCUT2D eigenvalue weighted by Crippen LogP contribution is 2.37. The van der Waals surface area contributed by atoms with E-state index in [1.807, 2.05) is 0 Å². The van der Waals surface area contributed by atoms with Crippen LogP contribution >= 0.6 is 0 Å². The van der Waals surface area contributed by atoms with Crippen LogP contribution in [0.15, 0.2) is 24.3 Å². The second-order valence-corrected chi connectivity index (χ2v) is 6.74. The molecule has 1 aliphatic carbocycles. The molecular weight excluding hydrogens is 260 g/mol. The van der Waals surface area contributed by atoms with Crippen molar-refractivity contribution in [3.05, 3.63) is 35.4 Å². The van der Waals surface area contributed by atoms with Gasteiger partial charge in [0, 0.05) is 13.1 Å². The van der Waals surface area contributed by atoms with E-state index in [4.69, 9.17) is 0 Å². The Bertz CT molecular complexity index is 461. The molecule has 1 aliphatic rings. The zero-order chi connectivity index (χ0) is 15.4. The number of hydrogen-bond donors (Lipinski definition) is 2. The second kappa shape index (κ2) is 7.08. The zero-order valence-electron chi connectivity index (χ0n) is 13.6. The highest BCUT2D eigenvalue weighted by Gasteiger charge is 2.33. The Morgan fingerprint density at radius 2 is 1.86 bits per heavy atom. The van der Waals surface area contributed by atoms with Crippen LogP contribution in [0.3, 0.4) is 0 Å². The maximum atomic E-state index is 11.9. The Labute approximate surface area is 128 Å². The first-order valence-electron chi connectivity index (χ1n) is 8.03. The lowest BCUT2D eigenvalue weighted by Crippen LogP contribution is -2.51. The first-order chi connectivity index (χ1) is 9.99. The number of rotatable bonds is 6. The van der Waals surface area contributed by atoms with E-state index in [0.29, 0.717) is 17.9 Å². The fraction of sp³-hybridized carbons (Fsp3) is 0.611. The van der Waals surface area contributed by atoms with Gasteiger partial charge in [0.1, 0.15) is 0 Å². The summed E-state index contributed by atoms with van der Waals surface area (Å²) in [6.45, 7) is 6.44. The minimum absolute atomic E-state index is 0.0565. The molecule has 1 unspecified atom stereocenters. The molecule has 1 saturated carbocycles. The third kappa shape index (κ3) is 4.31. The average Bonchev–Trinajstić information content (AvgIpc) is 2.41. The summed E-state index contributed by atoms with van der Waals surface area (Å²) in [7, 11) is 1.72. The van der Waals surface area contributed by atoms with Crippen molar-refractivity contribution in [1.29, 1.82) is 0 Å². The highest BCUT2D eigenvalue weighted by molar-refractivity contribution is 5.81. The number of benzene rings is 1. The molecule has 0 heterocycles. The first-order valence-corrected chi connectivity index (χ1v) is 8.03. The minimum Gasteiger partial charge on any atom is -0.358 e. The standard InChI is InChI=1S/C18H28N2O/c1-12(2)9-17(18(21)19-4)20-16-10-15(11-16)14-7-5-13(3)6-8-14/h5-8,12,15-17,20H,9-11H2,1-4H3,(H,19,21). The molecule has 21 heavy (non-hydrogen) atoms. The molecular formula is C18H28N2O. The van der Waals surface area contributed by atoms with E-state index < -0.39 is 0 Å². The van der Waals surface area contributed by atoms with Crippen molar-refractivity contribution in [2.24, 2.45) is 5.92 Å². The van der Waals surface area contributed by atoms with Gasteiger partial charge < -0.3 is 10.6 Å². The lowest BCUT2D eigenvalue weighted by atomic mass is 9.75. The minimum atomic E-state index is -0.0565. The molecule has 1 amide bonds. The monoisotopic (exact) mass is 288 g/mol. The maximum Gasteiger partial charge on any atom is 0.236 e. The van der Waals surface area contributed by atoms with Gasteiger partial charge in [-0.25, -0.2) is 0 Å². The molecule has 3 heteroatoms. The number of hydrogen-bond acceptors (Lipinski definition) is 2. The van der Waals surface area contributed by atoms with Gasteiger partial charge in [-0.2, -0.15) is 0 Å². The number of carbonyl (C=O) groups is 1. The largest absolute Gasteiger partial charge is 0.358 e. The fourth-order valence-corrected chi connectivity index (χ4v) is 3.05. The van der Waals surface area contributed by atoms with Crippen molar-refractivity contribution in [2.45, 2.75) is 58.0 Å². The van der Waals surface area contributed by atoms with E-state index in [2.05, 4.69) is 55.7 Å². The molecule has 0 radical (unpaired) electrons. The third-order valence-electron chi connectivity index (χ3n) is 4.39. The van der Waals surface area contributed by atoms with Gasteiger partial charge in [0.25, 0.3) is 0 Å². The van der Waals surface area contributed by atoms with Crippen LogP contribution < -0.4 is 10.6 Å². The third-order valence-corrected chi connectivity index (χ3v) is 4.39. The molecule has 0 aromatic heterocycles. The summed E-state index contributed by atoms with van der Waals surface area (Å²) in [4.78, 5) is 11.9. The summed E-state index contributed by atoms with van der Waals surface area (Å²) in [6.07, 6.45) is 3.16. The quantitative estimate of drug-likeness (QED) is 0.845. The predicted octanol–water partition coefficient (Wildman–Crippen LogP) is 2.99. The maximum absolute atomic E-state index is 11.9. The van der Waals surface area contributed by atoms with Crippen LogP contribution in [-0.4, -0.2) is 25.0 Å². The highest BCUT2D eigenvalue weighted by atomic mass is 16.2. The smallest absolute Gasteiger partial charge is 0.236 e. The van der Waals surface area contributed by atoms with E-state index in [1.165, 1.54) is 11.1 Å². The molecule has 1 aromatic rings. The number of amides is 1. The lowest BCUT2D eigenvalue weighted by Gasteiger charge is -2.38. The summed E-state index contributed by atoms with van der Waals surface area (Å²) >= 11 is 0. The summed E-state index contributed by atoms with van der Waals surface area (Å²) < 4.78 is 0. The number of nitrogens with one attached hydrogen (secondary N) is 2. The summed E-state index contributed by atoms with van der Waals surface area (Å²) in [5.41, 5.74) is 2.74. The average molecular weight is 288 g/mol. The summed E-state index contributed by atoms with van der Waals surface area (Å²) in [5, 5.41) is 6.31. The molecule has 0 bridgehead atoms. The molecule has 1 aromatic carbocycles. The number of carbonyl (C=O) groups excluding carboxylic acids is 1. The second-order valence-electron chi connectivity index (χ2n) is 6.74. The molecule has 2 N–H and O–H groups in total. The van der Waals surface area contributed by atoms with Crippen LogP contribution in [0.1, 0.15) is 50.2 Å². The molecule has 3 nitrogen and oxygen atoms in total. The molecule has 0 spiro atoms. The zero-order valence-corrected chi connectivity index (χ0v) is 13.6. The van der Waals surface area contributed by atoms with E-state index in [-0.39, 0.29) is 11.9 Å². The normalized spacial score (nSPS) is 22.7. The van der Waals surface area contributed by atoms with Gasteiger partial charge in [0.05, 0.1) is 6.04 Å². The molecule has 116 valence electrons. The Kier molecular flexibility index (Phi) is 5.40. The summed E-state index contributed by atoms with van der Waals surface area (Å²) in [5.74, 6) is 1.28. The topological polar surface area (TPSA) is 41.1 Å². The van der Waals surface area contributed by atoms with E-state index >= 15 is 0 Å². The molecule has 2 rings (SSSR count). The Hall–Kier alpha value is -1.35. The predicted molar refractivity (Wildman–Crippen MR) is 87.4 cm³/mol. The molecule has 1 atom stereocenters. The molecule has 0 aliphatic heterocycles. The van der Waals surface area contributed by atoms with Crippen molar-refractivity contribution < 1.29 is 4.79 Å². The van der Waals surface area contributed by atoms with Crippen molar-refractivity contribution in [3.63, 3.8) is 0 Å². The van der Waals surface area contributed by atoms with E-state index in [1.54, 1.807) is 7.05 Å². The van der Waals surface area contributed by atoms with Gasteiger partial charge in [-0.15, -0.1) is 0 Å². The van der Waals surface area contributed by atoms with Gasteiger partial charge in [-0.05, 0) is 43.6 Å². The van der Waals surface area contributed by atoms with Crippen molar-refractivity contribution in [2.75, 3.05) is 7.05 Å². The van der Waals surface area contributed by atoms with Gasteiger partial charge in [-0.3, -0.25) is 4.79 Å². The summed E-state index contributed by atoms with van der Waals surface area (Å²) in [6, 6.07) is 9.25. The van der Waals surface area contributed by atoms with Gasteiger partial charge >= 0.3 is 0 Å². The van der Waals surface area contributed by atoms with Crippen molar-refractivity contribution in [3.8, 4) is 0 Å². The van der Waals surface area contributed by atoms with Gasteiger partial charge in [-0.1, -0.05) is 43.7 Å². The van der Waals surface area contributed by atoms with E-state index in [9.17, 15) is 4.79 Å². The van der Waals surface area contributed by atoms with Crippen molar-refractivity contribution in [1.82, 2.24) is 10.6 Å². The van der Waals surface area contributed by atoms with E-state index in [0.717, 1.165) is 19.3 Å². The Morgan fingerprint density at radius 1 is 1.24 bits per heavy atom. The Morgan fingerprint density at radius 3 is 2.38 bits per heavy atom.